The van der Waals surface area contributed by atoms with Gasteiger partial charge >= 0.3 is 0 Å². The first-order chi connectivity index (χ1) is 13.3. The second-order valence-corrected chi connectivity index (χ2v) is 7.74. The molecule has 0 amide bonds. The second-order valence-electron chi connectivity index (χ2n) is 6.76. The molecule has 160 valence electrons. The molecule has 0 aliphatic carbocycles. The lowest BCUT2D eigenvalue weighted by Gasteiger charge is -2.25. The summed E-state index contributed by atoms with van der Waals surface area (Å²) >= 11 is 1.30. The van der Waals surface area contributed by atoms with Crippen molar-refractivity contribution in [2.45, 2.75) is 44.0 Å². The lowest BCUT2D eigenvalue weighted by atomic mass is 10.0. The lowest BCUT2D eigenvalue weighted by Crippen LogP contribution is -2.49. The van der Waals surface area contributed by atoms with E-state index in [9.17, 15) is 25.2 Å². The highest BCUT2D eigenvalue weighted by molar-refractivity contribution is 8.13. The summed E-state index contributed by atoms with van der Waals surface area (Å²) < 4.78 is 5.57. The minimum absolute atomic E-state index is 0.0141. The average Bonchev–Trinajstić information content (AvgIpc) is 2.70. The molecule has 0 saturated carbocycles. The first-order valence-electron chi connectivity index (χ1n) is 9.18. The Kier molecular flexibility index (Phi) is 11.6. The zero-order valence-electron chi connectivity index (χ0n) is 16.2. The fourth-order valence-electron chi connectivity index (χ4n) is 2.18. The Bertz CT molecular complexity index is 570. The van der Waals surface area contributed by atoms with Crippen LogP contribution in [0.5, 0.6) is 5.75 Å². The van der Waals surface area contributed by atoms with E-state index in [0.29, 0.717) is 24.7 Å². The summed E-state index contributed by atoms with van der Waals surface area (Å²) in [6, 6.07) is 7.44. The monoisotopic (exact) mass is 417 g/mol. The van der Waals surface area contributed by atoms with E-state index < -0.39 is 31.0 Å². The van der Waals surface area contributed by atoms with Gasteiger partial charge in [-0.15, -0.1) is 0 Å². The Labute approximate surface area is 169 Å². The van der Waals surface area contributed by atoms with Crippen LogP contribution in [-0.2, 0) is 10.5 Å². The Balaban J connectivity index is 2.25. The second kappa shape index (κ2) is 13.1. The number of aliphatic hydroxyl groups excluding tert-OH is 5. The van der Waals surface area contributed by atoms with E-state index in [1.165, 1.54) is 11.8 Å². The Hall–Kier alpha value is -1.20. The van der Waals surface area contributed by atoms with Gasteiger partial charge in [0, 0.05) is 24.8 Å². The summed E-state index contributed by atoms with van der Waals surface area (Å²) in [4.78, 5) is 11.6. The number of carbonyl (C=O) groups excluding carboxylic acids is 1. The third-order valence-electron chi connectivity index (χ3n) is 4.00. The van der Waals surface area contributed by atoms with Gasteiger partial charge in [0.05, 0.1) is 12.7 Å². The minimum atomic E-state index is -1.63. The van der Waals surface area contributed by atoms with Crippen LogP contribution in [0.15, 0.2) is 24.3 Å². The normalized spacial score (nSPS) is 15.9. The Morgan fingerprint density at radius 1 is 1.07 bits per heavy atom. The van der Waals surface area contributed by atoms with E-state index in [4.69, 9.17) is 9.84 Å². The van der Waals surface area contributed by atoms with E-state index in [1.54, 1.807) is 0 Å². The molecule has 1 aromatic rings. The van der Waals surface area contributed by atoms with Gasteiger partial charge in [-0.3, -0.25) is 4.79 Å². The molecule has 6 N–H and O–H groups in total. The first-order valence-corrected chi connectivity index (χ1v) is 10.2. The fourth-order valence-corrected chi connectivity index (χ4v) is 3.01. The van der Waals surface area contributed by atoms with Gasteiger partial charge in [-0.2, -0.15) is 0 Å². The summed E-state index contributed by atoms with van der Waals surface area (Å²) in [5, 5.41) is 50.0. The third-order valence-corrected chi connectivity index (χ3v) is 5.24. The molecule has 0 saturated heterocycles. The molecule has 0 unspecified atom stereocenters. The fraction of sp³-hybridized carbons (Fsp3) is 0.632. The van der Waals surface area contributed by atoms with Gasteiger partial charge < -0.3 is 35.6 Å². The molecular formula is C19H31NO7S. The molecule has 0 aliphatic rings. The first kappa shape index (κ1) is 24.8. The van der Waals surface area contributed by atoms with Gasteiger partial charge in [0.1, 0.15) is 30.7 Å². The van der Waals surface area contributed by atoms with Gasteiger partial charge in [-0.1, -0.05) is 37.7 Å². The minimum Gasteiger partial charge on any atom is -0.492 e. The molecule has 0 aliphatic heterocycles. The van der Waals surface area contributed by atoms with E-state index in [1.807, 2.05) is 38.1 Å². The molecule has 8 nitrogen and oxygen atoms in total. The highest BCUT2D eigenvalue weighted by atomic mass is 32.2. The maximum absolute atomic E-state index is 11.6. The largest absolute Gasteiger partial charge is 0.492 e. The van der Waals surface area contributed by atoms with E-state index >= 15 is 0 Å². The summed E-state index contributed by atoms with van der Waals surface area (Å²) in [5.41, 5.74) is 1.03. The topological polar surface area (TPSA) is 139 Å². The molecule has 1 aromatic carbocycles. The van der Waals surface area contributed by atoms with Crippen molar-refractivity contribution >= 4 is 16.9 Å². The highest BCUT2D eigenvalue weighted by Crippen LogP contribution is 2.19. The van der Waals surface area contributed by atoms with Crippen LogP contribution in [0.2, 0.25) is 0 Å². The highest BCUT2D eigenvalue weighted by Gasteiger charge is 2.29. The quantitative estimate of drug-likeness (QED) is 0.235. The van der Waals surface area contributed by atoms with Crippen molar-refractivity contribution in [3.8, 4) is 5.75 Å². The van der Waals surface area contributed by atoms with Crippen molar-refractivity contribution < 1.29 is 35.1 Å². The van der Waals surface area contributed by atoms with Crippen LogP contribution in [-0.4, -0.2) is 81.4 Å². The number of aliphatic hydroxyl groups is 5. The molecule has 0 spiro atoms. The SMILES string of the molecule is CC(C)C(=O)SCc1ccc(OCCNC[C@@H](O)[C@@H](O)[C@H](O)[C@H](O)CO)cc1. The Morgan fingerprint density at radius 2 is 1.68 bits per heavy atom. The zero-order valence-corrected chi connectivity index (χ0v) is 17.0. The number of benzene rings is 1. The molecule has 0 heterocycles. The number of hydrogen-bond donors (Lipinski definition) is 6. The lowest BCUT2D eigenvalue weighted by molar-refractivity contribution is -0.114. The van der Waals surface area contributed by atoms with Crippen molar-refractivity contribution in [3.05, 3.63) is 29.8 Å². The van der Waals surface area contributed by atoms with Crippen molar-refractivity contribution in [2.75, 3.05) is 26.3 Å². The van der Waals surface area contributed by atoms with Crippen LogP contribution in [0.4, 0.5) is 0 Å². The number of ether oxygens (including phenoxy) is 1. The van der Waals surface area contributed by atoms with E-state index in [0.717, 1.165) is 5.56 Å². The van der Waals surface area contributed by atoms with Crippen LogP contribution < -0.4 is 10.1 Å². The van der Waals surface area contributed by atoms with Gasteiger partial charge in [-0.05, 0) is 17.7 Å². The van der Waals surface area contributed by atoms with Crippen LogP contribution in [0.25, 0.3) is 0 Å². The molecule has 0 aromatic heterocycles. The number of hydrogen-bond acceptors (Lipinski definition) is 9. The summed E-state index contributed by atoms with van der Waals surface area (Å²) in [7, 11) is 0. The maximum Gasteiger partial charge on any atom is 0.191 e. The van der Waals surface area contributed by atoms with Gasteiger partial charge in [0.15, 0.2) is 5.12 Å². The molecular weight excluding hydrogens is 386 g/mol. The summed E-state index contributed by atoms with van der Waals surface area (Å²) in [6.07, 6.45) is -6.03. The number of thioether (sulfide) groups is 1. The van der Waals surface area contributed by atoms with E-state index in [2.05, 4.69) is 5.32 Å². The van der Waals surface area contributed by atoms with Gasteiger partial charge in [0.2, 0.25) is 0 Å². The van der Waals surface area contributed by atoms with Crippen molar-refractivity contribution in [2.24, 2.45) is 5.92 Å². The summed E-state index contributed by atoms with van der Waals surface area (Å²) in [6.45, 7) is 3.74. The maximum atomic E-state index is 11.6. The van der Waals surface area contributed by atoms with Crippen molar-refractivity contribution in [3.63, 3.8) is 0 Å². The molecule has 0 radical (unpaired) electrons. The number of rotatable bonds is 13. The third kappa shape index (κ3) is 8.87. The predicted octanol–water partition coefficient (Wildman–Crippen LogP) is -0.493. The molecule has 4 atom stereocenters. The number of nitrogens with one attached hydrogen (secondary N) is 1. The standard InChI is InChI=1S/C19H31NO7S/c1-12(2)19(26)28-11-13-3-5-14(6-4-13)27-8-7-20-9-15(22)17(24)18(25)16(23)10-21/h3-6,12,15-18,20-25H,7-11H2,1-2H3/t15-,16-,17-,18-/m1/s1. The zero-order chi connectivity index (χ0) is 21.1. The van der Waals surface area contributed by atoms with Gasteiger partial charge in [-0.25, -0.2) is 0 Å². The molecule has 9 heteroatoms. The van der Waals surface area contributed by atoms with Gasteiger partial charge in [0.25, 0.3) is 0 Å². The van der Waals surface area contributed by atoms with Crippen LogP contribution in [0.1, 0.15) is 19.4 Å². The predicted molar refractivity (Wildman–Crippen MR) is 107 cm³/mol. The smallest absolute Gasteiger partial charge is 0.191 e. The van der Waals surface area contributed by atoms with Crippen LogP contribution in [0, 0.1) is 5.92 Å². The molecule has 0 bridgehead atoms. The van der Waals surface area contributed by atoms with Crippen LogP contribution >= 0.6 is 11.8 Å². The summed E-state index contributed by atoms with van der Waals surface area (Å²) in [5.74, 6) is 1.31. The Morgan fingerprint density at radius 3 is 2.25 bits per heavy atom. The van der Waals surface area contributed by atoms with Crippen LogP contribution in [0.3, 0.4) is 0 Å². The molecule has 0 fully saturated rings. The average molecular weight is 418 g/mol. The van der Waals surface area contributed by atoms with Crippen molar-refractivity contribution in [1.29, 1.82) is 0 Å². The molecule has 1 rings (SSSR count). The van der Waals surface area contributed by atoms with E-state index in [-0.39, 0.29) is 17.6 Å². The molecule has 28 heavy (non-hydrogen) atoms. The van der Waals surface area contributed by atoms with Crippen molar-refractivity contribution in [1.82, 2.24) is 5.32 Å². The number of carbonyl (C=O) groups is 1.